The summed E-state index contributed by atoms with van der Waals surface area (Å²) in [6, 6.07) is 15.6. The standard InChI is InChI=1S/C27H35NO6.C25H31NO6.C21H25NO5.C7H14O4S.CH4.Na.H2O/c1-6-33-26(31)21-13-28-22(12-23(21)30)20-9-18(14-29)24(34-15-16-7-19(8-16)32-5)10-17(20)11-25(28)27(2,3)4;1-25(2,3)23-9-15-8-22(32-13-14-5-17(6-14)31-4)16(12-27)7-18(15)20-10-21(28)19(24(29)30)11-26(20)23;1-6-27-20(25)14-11-22-15(10-16(14)23)13-9-18(26-5)17(24)7-12(13)8-19(22)21(2,3)4;1-10-7-3-6(4-7)5-11-12(2,8)9;;;/h9-10,12-13,16,19,25,29H,6-8,11,14-15H2,1-5H3;7-8,10-11,14,17,23,27H,5-6,9,12-13H2,1-4H3,(H,29,30);7,9-11,19,24H,6,8H2,1-5H3;6-7H,3-5H2,1-2H3;1H4;;1H2/q;;;;;+1;/p-1. The molecule has 3 aliphatic carbocycles. The molecule has 3 aromatic heterocycles. The molecule has 0 spiro atoms. The van der Waals surface area contributed by atoms with Crippen molar-refractivity contribution >= 4 is 28.0 Å². The van der Waals surface area contributed by atoms with E-state index >= 15 is 0 Å². The van der Waals surface area contributed by atoms with Gasteiger partial charge in [-0.15, -0.1) is 0 Å². The van der Waals surface area contributed by atoms with Gasteiger partial charge in [0, 0.05) is 104 Å². The van der Waals surface area contributed by atoms with E-state index in [4.69, 9.17) is 37.9 Å². The molecule has 0 bridgehead atoms. The summed E-state index contributed by atoms with van der Waals surface area (Å²) in [5.41, 5.74) is 7.15. The topological polar surface area (TPSA) is 345 Å². The number of pyridine rings is 3. The molecule has 5 N–H and O–H groups in total. The van der Waals surface area contributed by atoms with Gasteiger partial charge in [-0.2, -0.15) is 8.42 Å². The van der Waals surface area contributed by atoms with Crippen LogP contribution >= 0.6 is 0 Å². The van der Waals surface area contributed by atoms with Gasteiger partial charge in [-0.25, -0.2) is 14.4 Å². The fourth-order valence-electron chi connectivity index (χ4n) is 14.5. The molecule has 3 aliphatic heterocycles. The van der Waals surface area contributed by atoms with E-state index in [0.29, 0.717) is 115 Å². The average Bonchev–Trinajstić information content (AvgIpc) is 0.752. The van der Waals surface area contributed by atoms with Crippen LogP contribution in [0.15, 0.2) is 87.6 Å². The number of aromatic carboxylic acids is 1. The summed E-state index contributed by atoms with van der Waals surface area (Å²) in [6.07, 6.45) is 14.5. The zero-order valence-electron chi connectivity index (χ0n) is 64.9. The van der Waals surface area contributed by atoms with Gasteiger partial charge in [-0.05, 0) is 159 Å². The molecule has 0 amide bonds. The number of phenolic OH excluding ortho intramolecular Hbond substituents is 1. The number of aromatic hydroxyl groups is 1. The van der Waals surface area contributed by atoms with Gasteiger partial charge >= 0.3 is 47.5 Å². The molecule has 3 fully saturated rings. The van der Waals surface area contributed by atoms with E-state index in [0.717, 1.165) is 83.9 Å². The largest absolute Gasteiger partial charge is 1.00 e. The van der Waals surface area contributed by atoms with Crippen LogP contribution in [0.2, 0.25) is 0 Å². The van der Waals surface area contributed by atoms with E-state index in [2.05, 4.69) is 66.5 Å². The van der Waals surface area contributed by atoms with Crippen molar-refractivity contribution in [2.75, 3.05) is 67.7 Å². The van der Waals surface area contributed by atoms with Gasteiger partial charge in [0.1, 0.15) is 28.2 Å². The summed E-state index contributed by atoms with van der Waals surface area (Å²) < 4.78 is 75.1. The Hall–Kier alpha value is -7.21. The Bertz CT molecular complexity index is 4470. The van der Waals surface area contributed by atoms with E-state index in [-0.39, 0.29) is 137 Å². The smallest absolute Gasteiger partial charge is 0.870 e. The minimum atomic E-state index is -3.26. The van der Waals surface area contributed by atoms with Crippen molar-refractivity contribution in [3.63, 3.8) is 0 Å². The molecule has 12 rings (SSSR count). The SMILES string of the molecule is C.CCOC(=O)c1cn2c(cc1=O)-c1cc(CO)c(OCC3CC(OC)C3)cc1CC2C(C)(C)C.CCOC(=O)c1cn2c(cc1=O)-c1cc(OC)c(O)cc1CC2C(C)(C)C.COC1CC(COS(C)(=O)=O)C1.COC1CC(COc2cc3c(cc2CO)-c2cc(=O)c(C(=O)O)cn2C(C(C)(C)C)C3)C1.[Na+].[OH-]. The number of aromatic nitrogens is 3. The van der Waals surface area contributed by atoms with Crippen LogP contribution in [0.4, 0.5) is 0 Å². The summed E-state index contributed by atoms with van der Waals surface area (Å²) in [7, 11) is 3.35. The molecular formula is C81H110N3NaO22S. The van der Waals surface area contributed by atoms with Gasteiger partial charge in [-0.3, -0.25) is 18.6 Å². The number of esters is 2. The molecule has 0 saturated heterocycles. The fourth-order valence-corrected chi connectivity index (χ4v) is 15.0. The Balaban J connectivity index is 0.000000233. The van der Waals surface area contributed by atoms with E-state index < -0.39 is 33.5 Å². The third-order valence-electron chi connectivity index (χ3n) is 20.9. The second-order valence-electron chi connectivity index (χ2n) is 31.5. The van der Waals surface area contributed by atoms with Crippen molar-refractivity contribution in [3.05, 3.63) is 148 Å². The summed E-state index contributed by atoms with van der Waals surface area (Å²) in [5.74, 6) is 0.576. The van der Waals surface area contributed by atoms with E-state index in [1.807, 2.05) is 38.0 Å². The molecule has 6 aromatic rings. The van der Waals surface area contributed by atoms with Crippen LogP contribution in [0.5, 0.6) is 23.0 Å². The van der Waals surface area contributed by atoms with Crippen LogP contribution < -0.4 is 60.1 Å². The van der Waals surface area contributed by atoms with Gasteiger partial charge in [0.05, 0.1) is 95.0 Å². The number of carboxylic acids is 1. The van der Waals surface area contributed by atoms with Crippen LogP contribution in [0, 0.1) is 34.0 Å². The first-order valence-electron chi connectivity index (χ1n) is 35.9. The second-order valence-corrected chi connectivity index (χ2v) is 33.1. The van der Waals surface area contributed by atoms with Crippen LogP contribution in [-0.2, 0) is 70.5 Å². The number of fused-ring (bicyclic) bond motifs is 9. The number of benzene rings is 3. The Morgan fingerprint density at radius 3 is 1.13 bits per heavy atom. The number of hydrogen-bond acceptors (Lipinski definition) is 21. The van der Waals surface area contributed by atoms with Gasteiger partial charge in [0.2, 0.25) is 0 Å². The summed E-state index contributed by atoms with van der Waals surface area (Å²) >= 11 is 0. The first-order valence-corrected chi connectivity index (χ1v) is 37.8. The minimum Gasteiger partial charge on any atom is -0.870 e. The molecule has 3 saturated carbocycles. The zero-order valence-corrected chi connectivity index (χ0v) is 67.7. The number of nitrogens with zero attached hydrogens (tertiary/aromatic N) is 3. The van der Waals surface area contributed by atoms with Crippen LogP contribution in [0.25, 0.3) is 33.8 Å². The normalized spacial score (nSPS) is 20.4. The molecule has 25 nitrogen and oxygen atoms in total. The van der Waals surface area contributed by atoms with Crippen molar-refractivity contribution in [1.29, 1.82) is 0 Å². The number of ether oxygens (including phenoxy) is 8. The second kappa shape index (κ2) is 37.2. The molecule has 3 aromatic carbocycles. The third-order valence-corrected chi connectivity index (χ3v) is 21.5. The number of rotatable bonds is 20. The van der Waals surface area contributed by atoms with Crippen molar-refractivity contribution in [1.82, 2.24) is 13.7 Å². The number of aliphatic hydroxyl groups excluding tert-OH is 2. The molecule has 588 valence electrons. The first kappa shape index (κ1) is 89.7. The summed E-state index contributed by atoms with van der Waals surface area (Å²) in [4.78, 5) is 74.2. The molecular weight excluding hydrogens is 1420 g/mol. The molecule has 6 heterocycles. The minimum absolute atomic E-state index is 0. The maximum Gasteiger partial charge on any atom is 1.00 e. The Morgan fingerprint density at radius 2 is 0.824 bits per heavy atom. The number of carbonyl (C=O) groups excluding carboxylic acids is 2. The van der Waals surface area contributed by atoms with Crippen LogP contribution in [0.1, 0.15) is 199 Å². The average molecular weight is 1530 g/mol. The Morgan fingerprint density at radius 1 is 0.500 bits per heavy atom. The number of hydrogen-bond donors (Lipinski definition) is 4. The summed E-state index contributed by atoms with van der Waals surface area (Å²) in [5, 5.41) is 39.7. The van der Waals surface area contributed by atoms with E-state index in [9.17, 15) is 57.6 Å². The molecule has 3 atom stereocenters. The monoisotopic (exact) mass is 1530 g/mol. The molecule has 0 radical (unpaired) electrons. The number of phenols is 1. The molecule has 27 heteroatoms. The van der Waals surface area contributed by atoms with Crippen molar-refractivity contribution in [3.8, 4) is 56.8 Å². The maximum absolute atomic E-state index is 12.9. The molecule has 3 unspecified atom stereocenters. The van der Waals surface area contributed by atoms with Gasteiger partial charge in [-0.1, -0.05) is 69.7 Å². The zero-order chi connectivity index (χ0) is 76.9. The summed E-state index contributed by atoms with van der Waals surface area (Å²) in [6.45, 7) is 24.1. The van der Waals surface area contributed by atoms with Crippen molar-refractivity contribution in [2.24, 2.45) is 34.0 Å². The number of methoxy groups -OCH3 is 4. The first-order chi connectivity index (χ1) is 49.4. The quantitative estimate of drug-likeness (QED) is 0.0314. The van der Waals surface area contributed by atoms with Crippen LogP contribution in [0.3, 0.4) is 0 Å². The molecule has 108 heavy (non-hydrogen) atoms. The number of aliphatic hydroxyl groups is 2. The maximum atomic E-state index is 12.9. The molecule has 6 aliphatic rings. The Kier molecular flexibility index (Phi) is 30.9. The van der Waals surface area contributed by atoms with Gasteiger partial charge in [0.15, 0.2) is 27.8 Å². The van der Waals surface area contributed by atoms with Crippen LogP contribution in [-0.4, -0.2) is 152 Å². The van der Waals surface area contributed by atoms with E-state index in [1.165, 1.54) is 31.5 Å². The predicted octanol–water partition coefficient (Wildman–Crippen LogP) is 9.18. The number of carboxylic acid groups (broad SMARTS) is 1. The predicted molar refractivity (Wildman–Crippen MR) is 405 cm³/mol. The van der Waals surface area contributed by atoms with Gasteiger partial charge < -0.3 is 77.5 Å². The fraction of sp³-hybridized carbons (Fsp3) is 0.556. The Labute approximate surface area is 655 Å². The van der Waals surface area contributed by atoms with Crippen molar-refractivity contribution in [2.45, 2.75) is 191 Å². The third kappa shape index (κ3) is 20.9. The van der Waals surface area contributed by atoms with Gasteiger partial charge in [0.25, 0.3) is 10.1 Å². The van der Waals surface area contributed by atoms with Crippen molar-refractivity contribution < 1.29 is 120 Å². The number of carbonyl (C=O) groups is 3. The van der Waals surface area contributed by atoms with E-state index in [1.54, 1.807) is 59.7 Å².